The zero-order chi connectivity index (χ0) is 13.2. The van der Waals surface area contributed by atoms with E-state index in [0.29, 0.717) is 17.7 Å². The van der Waals surface area contributed by atoms with Crippen molar-refractivity contribution in [1.82, 2.24) is 15.4 Å². The maximum absolute atomic E-state index is 12.1. The van der Waals surface area contributed by atoms with Crippen LogP contribution in [0, 0.1) is 0 Å². The minimum absolute atomic E-state index is 0.311. The second-order valence-corrected chi connectivity index (χ2v) is 4.18. The minimum atomic E-state index is -0.311. The molecule has 0 atom stereocenters. The standard InChI is InChI=1S/C14H11N3O2/c18-13-11-3-1-2-4-12(11)14(19)17(13)16-9-10-5-7-15-8-6-10/h1-8,16H,9H2. The Bertz CT molecular complexity index is 605. The number of hydrogen-bond acceptors (Lipinski definition) is 4. The number of amides is 2. The van der Waals surface area contributed by atoms with E-state index in [1.165, 1.54) is 0 Å². The summed E-state index contributed by atoms with van der Waals surface area (Å²) in [6.07, 6.45) is 3.33. The van der Waals surface area contributed by atoms with Crippen LogP contribution in [0.2, 0.25) is 0 Å². The van der Waals surface area contributed by atoms with E-state index in [-0.39, 0.29) is 11.8 Å². The number of hydrazine groups is 1. The Kier molecular flexibility index (Phi) is 2.81. The molecule has 0 spiro atoms. The summed E-state index contributed by atoms with van der Waals surface area (Å²) in [5, 5.41) is 1.06. The Morgan fingerprint density at radius 1 is 0.947 bits per heavy atom. The van der Waals surface area contributed by atoms with Crippen LogP contribution in [0.4, 0.5) is 0 Å². The summed E-state index contributed by atoms with van der Waals surface area (Å²) in [6, 6.07) is 10.5. The van der Waals surface area contributed by atoms with Crippen molar-refractivity contribution in [1.29, 1.82) is 0 Å². The number of benzene rings is 1. The number of fused-ring (bicyclic) bond motifs is 1. The number of aromatic nitrogens is 1. The van der Waals surface area contributed by atoms with Crippen molar-refractivity contribution in [3.05, 3.63) is 65.5 Å². The summed E-state index contributed by atoms with van der Waals surface area (Å²) in [6.45, 7) is 0.397. The van der Waals surface area contributed by atoms with Crippen molar-refractivity contribution in [2.45, 2.75) is 6.54 Å². The van der Waals surface area contributed by atoms with Crippen LogP contribution in [0.1, 0.15) is 26.3 Å². The molecule has 94 valence electrons. The first-order valence-corrected chi connectivity index (χ1v) is 5.87. The van der Waals surface area contributed by atoms with Gasteiger partial charge in [-0.15, -0.1) is 0 Å². The topological polar surface area (TPSA) is 62.3 Å². The van der Waals surface area contributed by atoms with Crippen LogP contribution in [0.3, 0.4) is 0 Å². The minimum Gasteiger partial charge on any atom is -0.267 e. The van der Waals surface area contributed by atoms with Gasteiger partial charge in [0.1, 0.15) is 0 Å². The number of hydrogen-bond donors (Lipinski definition) is 1. The lowest BCUT2D eigenvalue weighted by atomic mass is 10.1. The largest absolute Gasteiger partial charge is 0.276 e. The van der Waals surface area contributed by atoms with E-state index in [1.807, 2.05) is 12.1 Å². The fourth-order valence-electron chi connectivity index (χ4n) is 2.00. The van der Waals surface area contributed by atoms with Gasteiger partial charge >= 0.3 is 0 Å². The third kappa shape index (κ3) is 2.00. The van der Waals surface area contributed by atoms with Crippen molar-refractivity contribution >= 4 is 11.8 Å². The van der Waals surface area contributed by atoms with E-state index in [4.69, 9.17) is 0 Å². The van der Waals surface area contributed by atoms with Crippen LogP contribution in [0.25, 0.3) is 0 Å². The highest BCUT2D eigenvalue weighted by molar-refractivity contribution is 6.20. The molecule has 3 rings (SSSR count). The summed E-state index contributed by atoms with van der Waals surface area (Å²) in [5.74, 6) is -0.621. The van der Waals surface area contributed by atoms with Gasteiger partial charge in [-0.2, -0.15) is 0 Å². The molecule has 0 bridgehead atoms. The Hall–Kier alpha value is -2.53. The highest BCUT2D eigenvalue weighted by atomic mass is 16.2. The smallest absolute Gasteiger partial charge is 0.267 e. The Morgan fingerprint density at radius 2 is 1.53 bits per heavy atom. The molecule has 5 heteroatoms. The summed E-state index contributed by atoms with van der Waals surface area (Å²) < 4.78 is 0. The van der Waals surface area contributed by atoms with E-state index < -0.39 is 0 Å². The van der Waals surface area contributed by atoms with Gasteiger partial charge in [0.2, 0.25) is 0 Å². The Labute approximate surface area is 109 Å². The lowest BCUT2D eigenvalue weighted by Crippen LogP contribution is -2.41. The second kappa shape index (κ2) is 4.62. The molecule has 19 heavy (non-hydrogen) atoms. The molecule has 5 nitrogen and oxygen atoms in total. The predicted molar refractivity (Wildman–Crippen MR) is 68.0 cm³/mol. The van der Waals surface area contributed by atoms with Crippen molar-refractivity contribution in [3.8, 4) is 0 Å². The number of nitrogens with zero attached hydrogens (tertiary/aromatic N) is 2. The Morgan fingerprint density at radius 3 is 2.11 bits per heavy atom. The van der Waals surface area contributed by atoms with Crippen LogP contribution >= 0.6 is 0 Å². The molecule has 1 aromatic carbocycles. The molecule has 2 aromatic rings. The maximum Gasteiger partial charge on any atom is 0.276 e. The summed E-state index contributed by atoms with van der Waals surface area (Å²) in [4.78, 5) is 28.0. The van der Waals surface area contributed by atoms with Gasteiger partial charge in [0.05, 0.1) is 11.1 Å². The molecule has 0 aliphatic carbocycles. The molecule has 0 unspecified atom stereocenters. The van der Waals surface area contributed by atoms with Gasteiger partial charge in [-0.3, -0.25) is 14.6 Å². The maximum atomic E-state index is 12.1. The van der Waals surface area contributed by atoms with Crippen molar-refractivity contribution in [2.24, 2.45) is 0 Å². The van der Waals surface area contributed by atoms with Crippen molar-refractivity contribution in [2.75, 3.05) is 0 Å². The SMILES string of the molecule is O=C1c2ccccc2C(=O)N1NCc1ccncc1. The molecular formula is C14H11N3O2. The number of carbonyl (C=O) groups excluding carboxylic acids is 2. The molecule has 0 fully saturated rings. The molecule has 1 aliphatic rings. The van der Waals surface area contributed by atoms with Gasteiger partial charge in [-0.1, -0.05) is 12.1 Å². The second-order valence-electron chi connectivity index (χ2n) is 4.18. The summed E-state index contributed by atoms with van der Waals surface area (Å²) >= 11 is 0. The molecular weight excluding hydrogens is 242 g/mol. The number of rotatable bonds is 3. The molecule has 2 heterocycles. The van der Waals surface area contributed by atoms with Crippen LogP contribution < -0.4 is 5.43 Å². The van der Waals surface area contributed by atoms with Crippen LogP contribution in [-0.4, -0.2) is 21.8 Å². The molecule has 1 N–H and O–H groups in total. The molecule has 1 aliphatic heterocycles. The van der Waals surface area contributed by atoms with E-state index in [1.54, 1.807) is 36.7 Å². The molecule has 0 saturated carbocycles. The zero-order valence-corrected chi connectivity index (χ0v) is 10.0. The zero-order valence-electron chi connectivity index (χ0n) is 10.0. The van der Waals surface area contributed by atoms with Gasteiger partial charge < -0.3 is 0 Å². The average molecular weight is 253 g/mol. The predicted octanol–water partition coefficient (Wildman–Crippen LogP) is 1.38. The van der Waals surface area contributed by atoms with Gasteiger partial charge in [-0.25, -0.2) is 10.4 Å². The average Bonchev–Trinajstić information content (AvgIpc) is 2.71. The van der Waals surface area contributed by atoms with Crippen molar-refractivity contribution in [3.63, 3.8) is 0 Å². The molecule has 0 radical (unpaired) electrons. The third-order valence-corrected chi connectivity index (χ3v) is 2.98. The number of imide groups is 1. The highest BCUT2D eigenvalue weighted by Crippen LogP contribution is 2.20. The van der Waals surface area contributed by atoms with Gasteiger partial charge in [0, 0.05) is 18.9 Å². The van der Waals surface area contributed by atoms with E-state index in [2.05, 4.69) is 10.4 Å². The first-order valence-electron chi connectivity index (χ1n) is 5.87. The highest BCUT2D eigenvalue weighted by Gasteiger charge is 2.34. The monoisotopic (exact) mass is 253 g/mol. The molecule has 1 aromatic heterocycles. The van der Waals surface area contributed by atoms with Gasteiger partial charge in [-0.05, 0) is 29.8 Å². The lowest BCUT2D eigenvalue weighted by molar-refractivity contribution is 0.0562. The van der Waals surface area contributed by atoms with E-state index in [0.717, 1.165) is 10.6 Å². The van der Waals surface area contributed by atoms with E-state index >= 15 is 0 Å². The van der Waals surface area contributed by atoms with Crippen LogP contribution in [-0.2, 0) is 6.54 Å². The summed E-state index contributed by atoms with van der Waals surface area (Å²) in [7, 11) is 0. The van der Waals surface area contributed by atoms with E-state index in [9.17, 15) is 9.59 Å². The third-order valence-electron chi connectivity index (χ3n) is 2.98. The number of pyridine rings is 1. The normalized spacial score (nSPS) is 13.8. The Balaban J connectivity index is 1.78. The number of carbonyl (C=O) groups is 2. The van der Waals surface area contributed by atoms with Crippen molar-refractivity contribution < 1.29 is 9.59 Å². The lowest BCUT2D eigenvalue weighted by Gasteiger charge is -2.14. The van der Waals surface area contributed by atoms with Crippen LogP contribution in [0.15, 0.2) is 48.8 Å². The van der Waals surface area contributed by atoms with Crippen LogP contribution in [0.5, 0.6) is 0 Å². The number of nitrogens with one attached hydrogen (secondary N) is 1. The first-order chi connectivity index (χ1) is 9.27. The summed E-state index contributed by atoms with van der Waals surface area (Å²) in [5.41, 5.74) is 4.68. The molecule has 0 saturated heterocycles. The quantitative estimate of drug-likeness (QED) is 0.839. The van der Waals surface area contributed by atoms with Gasteiger partial charge in [0.15, 0.2) is 0 Å². The molecule has 2 amide bonds. The van der Waals surface area contributed by atoms with Gasteiger partial charge in [0.25, 0.3) is 11.8 Å². The fraction of sp³-hybridized carbons (Fsp3) is 0.0714. The first kappa shape index (κ1) is 11.6. The fourth-order valence-corrected chi connectivity index (χ4v) is 2.00.